The first kappa shape index (κ1) is 23.6. The third kappa shape index (κ3) is 6.71. The second-order valence-electron chi connectivity index (χ2n) is 7.98. The predicted octanol–water partition coefficient (Wildman–Crippen LogP) is 5.59. The molecule has 0 saturated heterocycles. The number of hydrogen-bond donors (Lipinski definition) is 2. The Bertz CT molecular complexity index is 1260. The van der Waals surface area contributed by atoms with Gasteiger partial charge in [-0.25, -0.2) is 0 Å². The summed E-state index contributed by atoms with van der Waals surface area (Å²) in [7, 11) is 1.73. The highest BCUT2D eigenvalue weighted by atomic mass is 16.5. The summed E-state index contributed by atoms with van der Waals surface area (Å²) in [5, 5.41) is 5.94. The molecule has 0 spiro atoms. The van der Waals surface area contributed by atoms with E-state index in [0.29, 0.717) is 17.9 Å². The summed E-state index contributed by atoms with van der Waals surface area (Å²) < 4.78 is 5.79. The number of carbonyl (C=O) groups is 2. The SMILES string of the molecule is CN(C(=O)c1cccc(NC(=O)CNc2ccc(OCc3ccccc3)cc2)c1)c1ccccc1. The summed E-state index contributed by atoms with van der Waals surface area (Å²) in [5.74, 6) is 0.390. The lowest BCUT2D eigenvalue weighted by atomic mass is 10.1. The Morgan fingerprint density at radius 2 is 1.46 bits per heavy atom. The van der Waals surface area contributed by atoms with Crippen molar-refractivity contribution in [2.75, 3.05) is 29.1 Å². The molecule has 0 aliphatic carbocycles. The molecule has 4 aromatic carbocycles. The summed E-state index contributed by atoms with van der Waals surface area (Å²) in [6, 6.07) is 33.8. The van der Waals surface area contributed by atoms with Crippen LogP contribution in [-0.4, -0.2) is 25.4 Å². The number of amides is 2. The first-order valence-corrected chi connectivity index (χ1v) is 11.3. The van der Waals surface area contributed by atoms with Gasteiger partial charge < -0.3 is 20.3 Å². The quantitative estimate of drug-likeness (QED) is 0.338. The highest BCUT2D eigenvalue weighted by Crippen LogP contribution is 2.19. The van der Waals surface area contributed by atoms with Gasteiger partial charge in [-0.15, -0.1) is 0 Å². The van der Waals surface area contributed by atoms with Crippen LogP contribution in [0.2, 0.25) is 0 Å². The van der Waals surface area contributed by atoms with Gasteiger partial charge in [0.15, 0.2) is 0 Å². The minimum atomic E-state index is -0.213. The number of hydrogen-bond acceptors (Lipinski definition) is 4. The van der Waals surface area contributed by atoms with E-state index in [1.54, 1.807) is 36.2 Å². The molecule has 2 N–H and O–H groups in total. The van der Waals surface area contributed by atoms with Crippen molar-refractivity contribution in [3.63, 3.8) is 0 Å². The molecule has 0 saturated carbocycles. The Morgan fingerprint density at radius 3 is 2.17 bits per heavy atom. The maximum Gasteiger partial charge on any atom is 0.258 e. The third-order valence-electron chi connectivity index (χ3n) is 5.40. The van der Waals surface area contributed by atoms with Gasteiger partial charge in [0.05, 0.1) is 6.54 Å². The van der Waals surface area contributed by atoms with E-state index in [1.807, 2.05) is 84.9 Å². The van der Waals surface area contributed by atoms with Crippen molar-refractivity contribution in [1.29, 1.82) is 0 Å². The van der Waals surface area contributed by atoms with Gasteiger partial charge in [0, 0.05) is 29.7 Å². The summed E-state index contributed by atoms with van der Waals surface area (Å²) in [6.45, 7) is 0.588. The van der Waals surface area contributed by atoms with E-state index in [1.165, 1.54) is 0 Å². The molecule has 0 aliphatic heterocycles. The van der Waals surface area contributed by atoms with Crippen LogP contribution >= 0.6 is 0 Å². The van der Waals surface area contributed by atoms with Crippen LogP contribution in [0.1, 0.15) is 15.9 Å². The molecule has 0 aliphatic rings. The molecule has 6 heteroatoms. The Morgan fingerprint density at radius 1 is 0.771 bits per heavy atom. The van der Waals surface area contributed by atoms with Crippen LogP contribution in [0, 0.1) is 0 Å². The van der Waals surface area contributed by atoms with Crippen molar-refractivity contribution in [3.05, 3.63) is 120 Å². The zero-order valence-electron chi connectivity index (χ0n) is 19.5. The van der Waals surface area contributed by atoms with Crippen LogP contribution in [-0.2, 0) is 11.4 Å². The molecule has 0 unspecified atom stereocenters. The number of para-hydroxylation sites is 1. The van der Waals surface area contributed by atoms with Gasteiger partial charge in [-0.2, -0.15) is 0 Å². The van der Waals surface area contributed by atoms with E-state index in [9.17, 15) is 9.59 Å². The van der Waals surface area contributed by atoms with Crippen molar-refractivity contribution < 1.29 is 14.3 Å². The van der Waals surface area contributed by atoms with Gasteiger partial charge in [0.1, 0.15) is 12.4 Å². The van der Waals surface area contributed by atoms with Gasteiger partial charge in [0.2, 0.25) is 5.91 Å². The number of anilines is 3. The van der Waals surface area contributed by atoms with Crippen LogP contribution in [0.15, 0.2) is 109 Å². The first-order valence-electron chi connectivity index (χ1n) is 11.3. The van der Waals surface area contributed by atoms with Crippen molar-refractivity contribution in [3.8, 4) is 5.75 Å². The van der Waals surface area contributed by atoms with E-state index < -0.39 is 0 Å². The van der Waals surface area contributed by atoms with Crippen LogP contribution in [0.3, 0.4) is 0 Å². The number of carbonyl (C=O) groups excluding carboxylic acids is 2. The fourth-order valence-corrected chi connectivity index (χ4v) is 3.49. The average molecular weight is 466 g/mol. The summed E-state index contributed by atoms with van der Waals surface area (Å²) in [4.78, 5) is 26.9. The highest BCUT2D eigenvalue weighted by molar-refractivity contribution is 6.06. The highest BCUT2D eigenvalue weighted by Gasteiger charge is 2.14. The molecule has 0 heterocycles. The van der Waals surface area contributed by atoms with Gasteiger partial charge in [-0.1, -0.05) is 54.6 Å². The van der Waals surface area contributed by atoms with Crippen molar-refractivity contribution in [2.45, 2.75) is 6.61 Å². The zero-order chi connectivity index (χ0) is 24.5. The molecule has 0 bridgehead atoms. The van der Waals surface area contributed by atoms with Gasteiger partial charge in [-0.05, 0) is 60.2 Å². The fourth-order valence-electron chi connectivity index (χ4n) is 3.49. The topological polar surface area (TPSA) is 70.7 Å². The molecule has 4 rings (SSSR count). The standard InChI is InChI=1S/C29H27N3O3/c1-32(26-13-6-3-7-14-26)29(34)23-11-8-12-25(19-23)31-28(33)20-30-24-15-17-27(18-16-24)35-21-22-9-4-2-5-10-22/h2-19,30H,20-21H2,1H3,(H,31,33). The number of rotatable bonds is 9. The Kier molecular flexibility index (Phi) is 7.76. The second-order valence-corrected chi connectivity index (χ2v) is 7.98. The number of ether oxygens (including phenoxy) is 1. The van der Waals surface area contributed by atoms with Crippen LogP contribution in [0.5, 0.6) is 5.75 Å². The number of benzene rings is 4. The van der Waals surface area contributed by atoms with Crippen molar-refractivity contribution >= 4 is 28.9 Å². The number of nitrogens with zero attached hydrogens (tertiary/aromatic N) is 1. The molecule has 6 nitrogen and oxygen atoms in total. The van der Waals surface area contributed by atoms with E-state index >= 15 is 0 Å². The van der Waals surface area contributed by atoms with Crippen LogP contribution in [0.25, 0.3) is 0 Å². The normalized spacial score (nSPS) is 10.3. The van der Waals surface area contributed by atoms with Crippen molar-refractivity contribution in [1.82, 2.24) is 0 Å². The Balaban J connectivity index is 1.27. The molecule has 176 valence electrons. The minimum absolute atomic E-state index is 0.0896. The second kappa shape index (κ2) is 11.5. The molecule has 2 amide bonds. The maximum atomic E-state index is 12.8. The van der Waals surface area contributed by atoms with E-state index in [4.69, 9.17) is 4.74 Å². The van der Waals surface area contributed by atoms with E-state index in [-0.39, 0.29) is 18.4 Å². The smallest absolute Gasteiger partial charge is 0.258 e. The summed E-state index contributed by atoms with van der Waals surface area (Å²) >= 11 is 0. The van der Waals surface area contributed by atoms with Gasteiger partial charge in [0.25, 0.3) is 5.91 Å². The molecule has 0 atom stereocenters. The third-order valence-corrected chi connectivity index (χ3v) is 5.40. The lowest BCUT2D eigenvalue weighted by Crippen LogP contribution is -2.26. The lowest BCUT2D eigenvalue weighted by Gasteiger charge is -2.17. The summed E-state index contributed by atoms with van der Waals surface area (Å²) in [6.07, 6.45) is 0. The van der Waals surface area contributed by atoms with Gasteiger partial charge >= 0.3 is 0 Å². The van der Waals surface area contributed by atoms with E-state index in [2.05, 4.69) is 10.6 Å². The zero-order valence-corrected chi connectivity index (χ0v) is 19.5. The molecule has 0 aromatic heterocycles. The molecular weight excluding hydrogens is 438 g/mol. The van der Waals surface area contributed by atoms with Crippen LogP contribution < -0.4 is 20.3 Å². The average Bonchev–Trinajstić information content (AvgIpc) is 2.91. The van der Waals surface area contributed by atoms with Crippen molar-refractivity contribution in [2.24, 2.45) is 0 Å². The largest absolute Gasteiger partial charge is 0.489 e. The monoisotopic (exact) mass is 465 g/mol. The maximum absolute atomic E-state index is 12.8. The Labute approximate surface area is 205 Å². The molecule has 35 heavy (non-hydrogen) atoms. The molecule has 4 aromatic rings. The lowest BCUT2D eigenvalue weighted by molar-refractivity contribution is -0.114. The molecule has 0 fully saturated rings. The fraction of sp³-hybridized carbons (Fsp3) is 0.103. The van der Waals surface area contributed by atoms with Crippen LogP contribution in [0.4, 0.5) is 17.1 Å². The summed E-state index contributed by atoms with van der Waals surface area (Å²) in [5.41, 5.74) is 3.76. The number of nitrogens with one attached hydrogen (secondary N) is 2. The Hall–Kier alpha value is -4.58. The predicted molar refractivity (Wildman–Crippen MR) is 140 cm³/mol. The van der Waals surface area contributed by atoms with Gasteiger partial charge in [-0.3, -0.25) is 9.59 Å². The van der Waals surface area contributed by atoms with E-state index in [0.717, 1.165) is 22.7 Å². The minimum Gasteiger partial charge on any atom is -0.489 e. The molecular formula is C29H27N3O3. The molecule has 0 radical (unpaired) electrons. The first-order chi connectivity index (χ1) is 17.1.